The quantitative estimate of drug-likeness (QED) is 0.736. The summed E-state index contributed by atoms with van der Waals surface area (Å²) in [5.41, 5.74) is 0.346. The first-order valence-electron chi connectivity index (χ1n) is 6.77. The highest BCUT2D eigenvalue weighted by molar-refractivity contribution is 5.75. The van der Waals surface area contributed by atoms with E-state index in [1.54, 1.807) is 0 Å². The molecule has 1 rings (SSSR count). The van der Waals surface area contributed by atoms with Crippen LogP contribution in [0.4, 0.5) is 0 Å². The zero-order valence-electron chi connectivity index (χ0n) is 12.2. The molecule has 0 aliphatic carbocycles. The minimum Gasteiger partial charge on any atom is -0.481 e. The molecule has 1 heterocycles. The van der Waals surface area contributed by atoms with E-state index in [4.69, 9.17) is 5.11 Å². The molecule has 112 valence electrons. The van der Waals surface area contributed by atoms with Crippen LogP contribution in [0.1, 0.15) is 39.3 Å². The van der Waals surface area contributed by atoms with E-state index >= 15 is 0 Å². The smallest absolute Gasteiger partial charge is 0.309 e. The molecule has 0 aromatic carbocycles. The molecule has 7 nitrogen and oxygen atoms in total. The third-order valence-corrected chi connectivity index (χ3v) is 2.81. The van der Waals surface area contributed by atoms with Crippen LogP contribution in [0.2, 0.25) is 0 Å². The zero-order chi connectivity index (χ0) is 15.1. The van der Waals surface area contributed by atoms with Crippen LogP contribution < -0.4 is 5.32 Å². The molecule has 0 spiro atoms. The van der Waals surface area contributed by atoms with Crippen LogP contribution in [0.25, 0.3) is 0 Å². The minimum absolute atomic E-state index is 0.0542. The number of nitrogens with one attached hydrogen (secondary N) is 1. The highest BCUT2D eigenvalue weighted by Crippen LogP contribution is 2.06. The lowest BCUT2D eigenvalue weighted by Crippen LogP contribution is -2.35. The summed E-state index contributed by atoms with van der Waals surface area (Å²) in [6.07, 6.45) is 3.29. The van der Waals surface area contributed by atoms with Crippen molar-refractivity contribution in [1.29, 1.82) is 0 Å². The Morgan fingerprint density at radius 1 is 1.35 bits per heavy atom. The fourth-order valence-electron chi connectivity index (χ4n) is 1.77. The maximum absolute atomic E-state index is 11.8. The predicted molar refractivity (Wildman–Crippen MR) is 73.0 cm³/mol. The van der Waals surface area contributed by atoms with Gasteiger partial charge < -0.3 is 10.4 Å². The molecule has 0 saturated heterocycles. The van der Waals surface area contributed by atoms with Gasteiger partial charge in [0.1, 0.15) is 6.54 Å². The van der Waals surface area contributed by atoms with E-state index in [2.05, 4.69) is 29.5 Å². The van der Waals surface area contributed by atoms with Gasteiger partial charge in [-0.2, -0.15) is 0 Å². The number of rotatable bonds is 8. The molecule has 2 N–H and O–H groups in total. The Bertz CT molecular complexity index is 456. The molecule has 0 bridgehead atoms. The van der Waals surface area contributed by atoms with Crippen LogP contribution in [-0.2, 0) is 22.6 Å². The number of carbonyl (C=O) groups is 2. The standard InChI is InChI=1S/C13H22N4O3/c1-9(2)4-5-10(3)14-12(18)8-17-7-11(15-16-17)6-13(19)20/h7,9-10H,4-6,8H2,1-3H3,(H,14,18)(H,19,20). The molecule has 1 aromatic rings. The first-order valence-corrected chi connectivity index (χ1v) is 6.77. The van der Waals surface area contributed by atoms with E-state index in [0.29, 0.717) is 11.6 Å². The van der Waals surface area contributed by atoms with Crippen molar-refractivity contribution in [2.45, 2.75) is 52.6 Å². The molecule has 1 atom stereocenters. The normalized spacial score (nSPS) is 12.4. The van der Waals surface area contributed by atoms with Gasteiger partial charge in [-0.15, -0.1) is 5.10 Å². The average Bonchev–Trinajstić information content (AvgIpc) is 2.72. The second kappa shape index (κ2) is 7.62. The van der Waals surface area contributed by atoms with Crippen molar-refractivity contribution in [2.24, 2.45) is 5.92 Å². The second-order valence-corrected chi connectivity index (χ2v) is 5.42. The molecular formula is C13H22N4O3. The lowest BCUT2D eigenvalue weighted by atomic mass is 10.0. The van der Waals surface area contributed by atoms with Crippen molar-refractivity contribution in [3.63, 3.8) is 0 Å². The highest BCUT2D eigenvalue weighted by Gasteiger charge is 2.11. The Hall–Kier alpha value is -1.92. The molecule has 1 unspecified atom stereocenters. The van der Waals surface area contributed by atoms with Crippen molar-refractivity contribution < 1.29 is 14.7 Å². The van der Waals surface area contributed by atoms with Crippen molar-refractivity contribution in [3.05, 3.63) is 11.9 Å². The number of amides is 1. The number of carbonyl (C=O) groups excluding carboxylic acids is 1. The predicted octanol–water partition coefficient (Wildman–Crippen LogP) is 0.846. The molecule has 0 aliphatic rings. The number of carboxylic acids is 1. The lowest BCUT2D eigenvalue weighted by molar-refractivity contribution is -0.136. The van der Waals surface area contributed by atoms with Crippen LogP contribution >= 0.6 is 0 Å². The van der Waals surface area contributed by atoms with Gasteiger partial charge in [0, 0.05) is 12.2 Å². The van der Waals surface area contributed by atoms with Gasteiger partial charge in [-0.25, -0.2) is 4.68 Å². The van der Waals surface area contributed by atoms with Gasteiger partial charge in [0.15, 0.2) is 0 Å². The minimum atomic E-state index is -0.969. The van der Waals surface area contributed by atoms with Crippen LogP contribution in [0, 0.1) is 5.92 Å². The summed E-state index contributed by atoms with van der Waals surface area (Å²) in [4.78, 5) is 22.3. The first kappa shape index (κ1) is 16.1. The Balaban J connectivity index is 2.38. The number of nitrogens with zero attached hydrogens (tertiary/aromatic N) is 3. The lowest BCUT2D eigenvalue weighted by Gasteiger charge is -2.14. The van der Waals surface area contributed by atoms with Gasteiger partial charge in [-0.1, -0.05) is 19.1 Å². The van der Waals surface area contributed by atoms with Crippen LogP contribution in [0.5, 0.6) is 0 Å². The van der Waals surface area contributed by atoms with E-state index in [9.17, 15) is 9.59 Å². The fourth-order valence-corrected chi connectivity index (χ4v) is 1.77. The topological polar surface area (TPSA) is 97.1 Å². The molecular weight excluding hydrogens is 260 g/mol. The Labute approximate surface area is 118 Å². The maximum Gasteiger partial charge on any atom is 0.309 e. The van der Waals surface area contributed by atoms with Gasteiger partial charge in [0.25, 0.3) is 0 Å². The third-order valence-electron chi connectivity index (χ3n) is 2.81. The van der Waals surface area contributed by atoms with E-state index in [1.165, 1.54) is 10.9 Å². The van der Waals surface area contributed by atoms with Gasteiger partial charge in [-0.3, -0.25) is 9.59 Å². The summed E-state index contributed by atoms with van der Waals surface area (Å²) in [5, 5.41) is 18.9. The van der Waals surface area contributed by atoms with E-state index in [0.717, 1.165) is 12.8 Å². The third kappa shape index (κ3) is 6.31. The molecule has 1 amide bonds. The average molecular weight is 282 g/mol. The molecule has 0 saturated carbocycles. The van der Waals surface area contributed by atoms with Crippen molar-refractivity contribution in [2.75, 3.05) is 0 Å². The fraction of sp³-hybridized carbons (Fsp3) is 0.692. The van der Waals surface area contributed by atoms with Crippen molar-refractivity contribution >= 4 is 11.9 Å². The number of hydrogen-bond acceptors (Lipinski definition) is 4. The Morgan fingerprint density at radius 3 is 2.65 bits per heavy atom. The van der Waals surface area contributed by atoms with Crippen molar-refractivity contribution in [1.82, 2.24) is 20.3 Å². The summed E-state index contributed by atoms with van der Waals surface area (Å²) in [5.74, 6) is -0.500. The maximum atomic E-state index is 11.8. The van der Waals surface area contributed by atoms with E-state index in [-0.39, 0.29) is 24.9 Å². The van der Waals surface area contributed by atoms with Crippen LogP contribution in [0.15, 0.2) is 6.20 Å². The summed E-state index contributed by atoms with van der Waals surface area (Å²) < 4.78 is 1.35. The largest absolute Gasteiger partial charge is 0.481 e. The first-order chi connectivity index (χ1) is 9.36. The number of aliphatic carboxylic acids is 1. The number of carboxylic acid groups (broad SMARTS) is 1. The van der Waals surface area contributed by atoms with E-state index in [1.807, 2.05) is 6.92 Å². The summed E-state index contributed by atoms with van der Waals surface area (Å²) in [6.45, 7) is 6.32. The van der Waals surface area contributed by atoms with Gasteiger partial charge >= 0.3 is 5.97 Å². The van der Waals surface area contributed by atoms with E-state index < -0.39 is 5.97 Å². The summed E-state index contributed by atoms with van der Waals surface area (Å²) in [7, 11) is 0. The molecule has 20 heavy (non-hydrogen) atoms. The van der Waals surface area contributed by atoms with Crippen LogP contribution in [-0.4, -0.2) is 38.0 Å². The number of hydrogen-bond donors (Lipinski definition) is 2. The van der Waals surface area contributed by atoms with Gasteiger partial charge in [0.2, 0.25) is 5.91 Å². The zero-order valence-corrected chi connectivity index (χ0v) is 12.2. The molecule has 0 radical (unpaired) electrons. The molecule has 0 fully saturated rings. The SMILES string of the molecule is CC(C)CCC(C)NC(=O)Cn1cc(CC(=O)O)nn1. The molecule has 1 aromatic heterocycles. The molecule has 7 heteroatoms. The number of aromatic nitrogens is 3. The Morgan fingerprint density at radius 2 is 2.05 bits per heavy atom. The monoisotopic (exact) mass is 282 g/mol. The molecule has 0 aliphatic heterocycles. The van der Waals surface area contributed by atoms with Crippen LogP contribution in [0.3, 0.4) is 0 Å². The summed E-state index contributed by atoms with van der Waals surface area (Å²) in [6, 6.07) is 0.118. The van der Waals surface area contributed by atoms with Crippen molar-refractivity contribution in [3.8, 4) is 0 Å². The second-order valence-electron chi connectivity index (χ2n) is 5.42. The van der Waals surface area contributed by atoms with Gasteiger partial charge in [-0.05, 0) is 25.7 Å². The Kier molecular flexibility index (Phi) is 6.14. The highest BCUT2D eigenvalue weighted by atomic mass is 16.4. The van der Waals surface area contributed by atoms with Gasteiger partial charge in [0.05, 0.1) is 12.1 Å². The summed E-state index contributed by atoms with van der Waals surface area (Å²) >= 11 is 0.